The second kappa shape index (κ2) is 9.98. The minimum absolute atomic E-state index is 0.0157. The van der Waals surface area contributed by atoms with Crippen LogP contribution in [0.3, 0.4) is 0 Å². The largest absolute Gasteiger partial charge is 0.454 e. The maximum atomic E-state index is 12.6. The number of amides is 2. The first kappa shape index (κ1) is 23.3. The number of carbonyl (C=O) groups is 2. The number of hydrogen-bond acceptors (Lipinski definition) is 6. The van der Waals surface area contributed by atoms with Gasteiger partial charge in [0.2, 0.25) is 28.6 Å². The van der Waals surface area contributed by atoms with Gasteiger partial charge in [-0.05, 0) is 43.2 Å². The number of sulfonamides is 1. The van der Waals surface area contributed by atoms with E-state index < -0.39 is 10.0 Å². The van der Waals surface area contributed by atoms with Crippen LogP contribution in [-0.2, 0) is 19.6 Å². The van der Waals surface area contributed by atoms with E-state index in [2.05, 4.69) is 10.0 Å². The molecule has 1 fully saturated rings. The van der Waals surface area contributed by atoms with Gasteiger partial charge >= 0.3 is 0 Å². The van der Waals surface area contributed by atoms with Crippen LogP contribution >= 0.6 is 11.6 Å². The molecule has 0 unspecified atom stereocenters. The van der Waals surface area contributed by atoms with Gasteiger partial charge in [-0.3, -0.25) is 9.59 Å². The number of ether oxygens (including phenoxy) is 2. The Morgan fingerprint density at radius 2 is 1.82 bits per heavy atom. The molecule has 2 N–H and O–H groups in total. The number of likely N-dealkylation sites (tertiary alicyclic amines) is 1. The van der Waals surface area contributed by atoms with Gasteiger partial charge in [0.1, 0.15) is 0 Å². The molecule has 1 saturated heterocycles. The number of piperidine rings is 1. The molecule has 0 radical (unpaired) electrons. The molecule has 0 bridgehead atoms. The lowest BCUT2D eigenvalue weighted by Gasteiger charge is -2.31. The zero-order valence-electron chi connectivity index (χ0n) is 17.8. The fourth-order valence-electron chi connectivity index (χ4n) is 3.78. The van der Waals surface area contributed by atoms with Gasteiger partial charge in [0, 0.05) is 48.7 Å². The normalized spacial score (nSPS) is 16.0. The maximum absolute atomic E-state index is 12.6. The fourth-order valence-corrected chi connectivity index (χ4v) is 5.11. The lowest BCUT2D eigenvalue weighted by atomic mass is 9.95. The molecule has 0 aliphatic carbocycles. The third-order valence-electron chi connectivity index (χ3n) is 5.60. The molecule has 2 amide bonds. The molecule has 0 saturated carbocycles. The van der Waals surface area contributed by atoms with Gasteiger partial charge in [-0.25, -0.2) is 13.1 Å². The summed E-state index contributed by atoms with van der Waals surface area (Å²) < 4.78 is 37.7. The lowest BCUT2D eigenvalue weighted by molar-refractivity contribution is -0.134. The average Bonchev–Trinajstić information content (AvgIpc) is 3.27. The van der Waals surface area contributed by atoms with Crippen molar-refractivity contribution in [1.29, 1.82) is 0 Å². The molecule has 0 aromatic heterocycles. The number of halogens is 1. The molecular formula is C22H24ClN3O6S. The van der Waals surface area contributed by atoms with E-state index in [0.29, 0.717) is 48.1 Å². The van der Waals surface area contributed by atoms with E-state index >= 15 is 0 Å². The maximum Gasteiger partial charge on any atom is 0.240 e. The second-order valence-corrected chi connectivity index (χ2v) is 10.0. The minimum Gasteiger partial charge on any atom is -0.454 e. The van der Waals surface area contributed by atoms with E-state index in [0.717, 1.165) is 0 Å². The van der Waals surface area contributed by atoms with Crippen LogP contribution in [0.15, 0.2) is 47.4 Å². The van der Waals surface area contributed by atoms with Crippen molar-refractivity contribution in [3.8, 4) is 11.5 Å². The summed E-state index contributed by atoms with van der Waals surface area (Å²) in [5, 5.41) is 3.21. The van der Waals surface area contributed by atoms with E-state index in [1.54, 1.807) is 35.2 Å². The van der Waals surface area contributed by atoms with E-state index in [1.807, 2.05) is 0 Å². The monoisotopic (exact) mass is 493 g/mol. The number of anilines is 1. The Kier molecular flexibility index (Phi) is 7.06. The zero-order valence-corrected chi connectivity index (χ0v) is 19.3. The molecule has 176 valence electrons. The predicted octanol–water partition coefficient (Wildman–Crippen LogP) is 2.61. The van der Waals surface area contributed by atoms with Crippen LogP contribution in [0.5, 0.6) is 11.5 Å². The van der Waals surface area contributed by atoms with Crippen LogP contribution in [0.4, 0.5) is 5.69 Å². The van der Waals surface area contributed by atoms with Gasteiger partial charge in [-0.2, -0.15) is 0 Å². The standard InChI is InChI=1S/C22H24ClN3O6S/c23-16-2-1-3-18(12-16)33(29,30)24-9-6-21(27)26-10-7-15(8-11-26)22(28)25-17-4-5-19-20(13-17)32-14-31-19/h1-5,12-13,15,24H,6-11,14H2,(H,25,28). The van der Waals surface area contributed by atoms with Gasteiger partial charge < -0.3 is 19.7 Å². The number of rotatable bonds is 7. The van der Waals surface area contributed by atoms with Crippen LogP contribution in [0.25, 0.3) is 0 Å². The van der Waals surface area contributed by atoms with E-state index in [1.165, 1.54) is 12.1 Å². The van der Waals surface area contributed by atoms with Crippen molar-refractivity contribution in [3.63, 3.8) is 0 Å². The van der Waals surface area contributed by atoms with Crippen molar-refractivity contribution < 1.29 is 27.5 Å². The summed E-state index contributed by atoms with van der Waals surface area (Å²) in [6.07, 6.45) is 1.11. The Morgan fingerprint density at radius 1 is 1.06 bits per heavy atom. The molecule has 0 atom stereocenters. The molecule has 2 aromatic carbocycles. The summed E-state index contributed by atoms with van der Waals surface area (Å²) >= 11 is 5.85. The Bertz CT molecular complexity index is 1150. The third-order valence-corrected chi connectivity index (χ3v) is 7.29. The van der Waals surface area contributed by atoms with E-state index in [4.69, 9.17) is 21.1 Å². The number of benzene rings is 2. The topological polar surface area (TPSA) is 114 Å². The van der Waals surface area contributed by atoms with E-state index in [-0.39, 0.29) is 42.4 Å². The quantitative estimate of drug-likeness (QED) is 0.613. The highest BCUT2D eigenvalue weighted by atomic mass is 35.5. The highest BCUT2D eigenvalue weighted by molar-refractivity contribution is 7.89. The highest BCUT2D eigenvalue weighted by Gasteiger charge is 2.28. The van der Waals surface area contributed by atoms with Crippen molar-refractivity contribution >= 4 is 39.1 Å². The molecule has 33 heavy (non-hydrogen) atoms. The number of nitrogens with zero attached hydrogens (tertiary/aromatic N) is 1. The van der Waals surface area contributed by atoms with Crippen molar-refractivity contribution in [1.82, 2.24) is 9.62 Å². The number of hydrogen-bond donors (Lipinski definition) is 2. The number of carbonyl (C=O) groups excluding carboxylic acids is 2. The molecular weight excluding hydrogens is 470 g/mol. The molecule has 2 aliphatic rings. The first-order chi connectivity index (χ1) is 15.8. The van der Waals surface area contributed by atoms with Gasteiger partial charge in [-0.15, -0.1) is 0 Å². The van der Waals surface area contributed by atoms with Crippen molar-refractivity contribution in [2.45, 2.75) is 24.2 Å². The first-order valence-corrected chi connectivity index (χ1v) is 12.4. The van der Waals surface area contributed by atoms with Gasteiger partial charge in [0.15, 0.2) is 11.5 Å². The molecule has 9 nitrogen and oxygen atoms in total. The molecule has 2 heterocycles. The van der Waals surface area contributed by atoms with E-state index in [9.17, 15) is 18.0 Å². The molecule has 2 aromatic rings. The predicted molar refractivity (Wildman–Crippen MR) is 122 cm³/mol. The molecule has 4 rings (SSSR count). The highest BCUT2D eigenvalue weighted by Crippen LogP contribution is 2.34. The minimum atomic E-state index is -3.74. The third kappa shape index (κ3) is 5.76. The summed E-state index contributed by atoms with van der Waals surface area (Å²) in [6, 6.07) is 11.2. The Labute approximate surface area is 197 Å². The summed E-state index contributed by atoms with van der Waals surface area (Å²) in [6.45, 7) is 1.04. The number of fused-ring (bicyclic) bond motifs is 1. The fraction of sp³-hybridized carbons (Fsp3) is 0.364. The second-order valence-electron chi connectivity index (χ2n) is 7.82. The van der Waals surface area contributed by atoms with Crippen molar-refractivity contribution in [2.24, 2.45) is 5.92 Å². The van der Waals surface area contributed by atoms with Gasteiger partial charge in [0.25, 0.3) is 0 Å². The van der Waals surface area contributed by atoms with Gasteiger partial charge in [-0.1, -0.05) is 17.7 Å². The lowest BCUT2D eigenvalue weighted by Crippen LogP contribution is -2.42. The van der Waals surface area contributed by atoms with Crippen LogP contribution < -0.4 is 19.5 Å². The van der Waals surface area contributed by atoms with Crippen LogP contribution in [0.1, 0.15) is 19.3 Å². The summed E-state index contributed by atoms with van der Waals surface area (Å²) in [5.74, 6) is 0.781. The van der Waals surface area contributed by atoms with Crippen molar-refractivity contribution in [3.05, 3.63) is 47.5 Å². The molecule has 2 aliphatic heterocycles. The average molecular weight is 494 g/mol. The summed E-state index contributed by atoms with van der Waals surface area (Å²) in [4.78, 5) is 26.8. The Morgan fingerprint density at radius 3 is 2.58 bits per heavy atom. The van der Waals surface area contributed by atoms with Gasteiger partial charge in [0.05, 0.1) is 4.90 Å². The zero-order chi connectivity index (χ0) is 23.4. The van der Waals surface area contributed by atoms with Crippen molar-refractivity contribution in [2.75, 3.05) is 31.7 Å². The number of nitrogens with one attached hydrogen (secondary N) is 2. The summed E-state index contributed by atoms with van der Waals surface area (Å²) in [7, 11) is -3.74. The first-order valence-electron chi connectivity index (χ1n) is 10.6. The van der Waals surface area contributed by atoms with Crippen LogP contribution in [0.2, 0.25) is 5.02 Å². The Balaban J connectivity index is 1.21. The molecule has 11 heteroatoms. The molecule has 0 spiro atoms. The van der Waals surface area contributed by atoms with Crippen LogP contribution in [-0.4, -0.2) is 51.6 Å². The summed E-state index contributed by atoms with van der Waals surface area (Å²) in [5.41, 5.74) is 0.634. The SMILES string of the molecule is O=C(Nc1ccc2c(c1)OCO2)C1CCN(C(=O)CCNS(=O)(=O)c2cccc(Cl)c2)CC1. The van der Waals surface area contributed by atoms with Crippen LogP contribution in [0, 0.1) is 5.92 Å². The smallest absolute Gasteiger partial charge is 0.240 e. The Hall–Kier alpha value is -2.82.